The maximum Gasteiger partial charge on any atom is 0.323 e. The molecule has 2 aliphatic heterocycles. The van der Waals surface area contributed by atoms with Crippen molar-refractivity contribution in [3.05, 3.63) is 69.3 Å². The lowest BCUT2D eigenvalue weighted by Gasteiger charge is -2.41. The Morgan fingerprint density at radius 1 is 1.09 bits per heavy atom. The van der Waals surface area contributed by atoms with Gasteiger partial charge in [0.05, 0.1) is 27.4 Å². The maximum atomic E-state index is 13.1. The summed E-state index contributed by atoms with van der Waals surface area (Å²) in [6, 6.07) is 11.8. The van der Waals surface area contributed by atoms with Crippen molar-refractivity contribution in [1.29, 1.82) is 0 Å². The lowest BCUT2D eigenvalue weighted by atomic mass is 9.93. The Labute approximate surface area is 213 Å². The van der Waals surface area contributed by atoms with Crippen LogP contribution in [0.15, 0.2) is 58.7 Å². The highest BCUT2D eigenvalue weighted by Crippen LogP contribution is 2.40. The molecule has 3 amide bonds. The maximum absolute atomic E-state index is 13.1. The summed E-state index contributed by atoms with van der Waals surface area (Å²) in [5, 5.41) is 7.32. The molecular weight excluding hydrogens is 493 g/mol. The molecule has 2 heterocycles. The quantitative estimate of drug-likeness (QED) is 0.533. The van der Waals surface area contributed by atoms with Crippen molar-refractivity contribution in [2.45, 2.75) is 19.4 Å². The average Bonchev–Trinajstić information content (AvgIpc) is 2.80. The van der Waals surface area contributed by atoms with E-state index in [4.69, 9.17) is 28.2 Å². The van der Waals surface area contributed by atoms with Gasteiger partial charge >= 0.3 is 6.03 Å². The first-order valence-corrected chi connectivity index (χ1v) is 12.5. The number of hydrogen-bond acceptors (Lipinski definition) is 5. The Bertz CT molecular complexity index is 1200. The van der Waals surface area contributed by atoms with E-state index in [1.54, 1.807) is 49.0 Å². The molecule has 1 saturated heterocycles. The summed E-state index contributed by atoms with van der Waals surface area (Å²) >= 11 is 13.7. The van der Waals surface area contributed by atoms with Gasteiger partial charge in [-0.05, 0) is 49.2 Å². The predicted molar refractivity (Wildman–Crippen MR) is 141 cm³/mol. The smallest absolute Gasteiger partial charge is 0.323 e. The van der Waals surface area contributed by atoms with E-state index in [9.17, 15) is 9.59 Å². The normalized spacial score (nSPS) is 17.6. The molecule has 2 aliphatic rings. The zero-order valence-electron chi connectivity index (χ0n) is 19.1. The molecule has 0 bridgehead atoms. The zero-order chi connectivity index (χ0) is 24.4. The van der Waals surface area contributed by atoms with Gasteiger partial charge in [-0.15, -0.1) is 0 Å². The van der Waals surface area contributed by atoms with Gasteiger partial charge in [-0.25, -0.2) is 9.79 Å². The number of allylic oxidation sites excluding steroid dienone is 1. The standard InChI is InChI=1S/C24H25Cl2N5O2S/c1-14-20(22(32)30(2)3)21(31-10-5-11-34-24(31)27-14)15-6-4-7-16(12-15)28-23(33)29-17-8-9-18(25)19(26)13-17/h4,6-9,12-13,21H,5,10-11H2,1-3H3,(H2,28,29,33)/t21-/m1/s1. The third-order valence-corrected chi connectivity index (χ3v) is 7.35. The lowest BCUT2D eigenvalue weighted by molar-refractivity contribution is -0.125. The summed E-state index contributed by atoms with van der Waals surface area (Å²) in [6.07, 6.45) is 1.01. The number of thioether (sulfide) groups is 1. The van der Waals surface area contributed by atoms with Crippen molar-refractivity contribution >= 4 is 63.4 Å². The molecule has 7 nitrogen and oxygen atoms in total. The number of likely N-dealkylation sites (N-methyl/N-ethyl adjacent to an activating group) is 1. The van der Waals surface area contributed by atoms with Crippen LogP contribution in [0.5, 0.6) is 0 Å². The van der Waals surface area contributed by atoms with Gasteiger partial charge in [0.15, 0.2) is 5.17 Å². The summed E-state index contributed by atoms with van der Waals surface area (Å²) in [5.41, 5.74) is 3.41. The molecule has 178 valence electrons. The van der Waals surface area contributed by atoms with Gasteiger partial charge in [-0.3, -0.25) is 4.79 Å². The first kappa shape index (κ1) is 24.4. The molecule has 0 saturated carbocycles. The molecule has 2 aromatic rings. The van der Waals surface area contributed by atoms with Gasteiger partial charge in [0.1, 0.15) is 0 Å². The highest BCUT2D eigenvalue weighted by atomic mass is 35.5. The summed E-state index contributed by atoms with van der Waals surface area (Å²) < 4.78 is 0. The van der Waals surface area contributed by atoms with Crippen molar-refractivity contribution in [2.75, 3.05) is 37.0 Å². The number of nitrogens with zero attached hydrogens (tertiary/aromatic N) is 3. The first-order valence-electron chi connectivity index (χ1n) is 10.8. The summed E-state index contributed by atoms with van der Waals surface area (Å²) in [5.74, 6) is 0.930. The van der Waals surface area contributed by atoms with Crippen molar-refractivity contribution < 1.29 is 9.59 Å². The van der Waals surface area contributed by atoms with Gasteiger partial charge in [-0.1, -0.05) is 47.1 Å². The van der Waals surface area contributed by atoms with E-state index in [2.05, 4.69) is 15.5 Å². The van der Waals surface area contributed by atoms with Gasteiger partial charge in [0.2, 0.25) is 0 Å². The molecule has 0 radical (unpaired) electrons. The van der Waals surface area contributed by atoms with Crippen LogP contribution in [-0.2, 0) is 4.79 Å². The van der Waals surface area contributed by atoms with E-state index < -0.39 is 6.03 Å². The number of rotatable bonds is 4. The number of urea groups is 1. The number of amidine groups is 1. The van der Waals surface area contributed by atoms with Crippen LogP contribution in [0.2, 0.25) is 10.0 Å². The molecular formula is C24H25Cl2N5O2S. The van der Waals surface area contributed by atoms with E-state index in [0.717, 1.165) is 35.1 Å². The van der Waals surface area contributed by atoms with E-state index >= 15 is 0 Å². The van der Waals surface area contributed by atoms with Crippen LogP contribution in [0.4, 0.5) is 16.2 Å². The minimum Gasteiger partial charge on any atom is -0.345 e. The van der Waals surface area contributed by atoms with Crippen LogP contribution >= 0.6 is 35.0 Å². The largest absolute Gasteiger partial charge is 0.345 e. The topological polar surface area (TPSA) is 77.0 Å². The monoisotopic (exact) mass is 517 g/mol. The fourth-order valence-electron chi connectivity index (χ4n) is 3.98. The fourth-order valence-corrected chi connectivity index (χ4v) is 5.30. The second-order valence-electron chi connectivity index (χ2n) is 8.22. The van der Waals surface area contributed by atoms with Gasteiger partial charge in [0.25, 0.3) is 5.91 Å². The molecule has 1 fully saturated rings. The second-order valence-corrected chi connectivity index (χ2v) is 10.1. The number of carbonyl (C=O) groups excluding carboxylic acids is 2. The number of benzene rings is 2. The molecule has 2 aromatic carbocycles. The molecule has 4 rings (SSSR count). The number of carbonyl (C=O) groups is 2. The Balaban J connectivity index is 1.61. The van der Waals surface area contributed by atoms with E-state index in [1.807, 2.05) is 31.2 Å². The van der Waals surface area contributed by atoms with Crippen molar-refractivity contribution in [3.8, 4) is 0 Å². The van der Waals surface area contributed by atoms with E-state index in [1.165, 1.54) is 0 Å². The molecule has 0 aromatic heterocycles. The summed E-state index contributed by atoms with van der Waals surface area (Å²) in [7, 11) is 3.49. The van der Waals surface area contributed by atoms with Crippen LogP contribution < -0.4 is 10.6 Å². The highest BCUT2D eigenvalue weighted by molar-refractivity contribution is 8.13. The fraction of sp³-hybridized carbons (Fsp3) is 0.292. The van der Waals surface area contributed by atoms with Crippen LogP contribution in [0.25, 0.3) is 0 Å². The highest BCUT2D eigenvalue weighted by Gasteiger charge is 2.37. The first-order chi connectivity index (χ1) is 16.2. The predicted octanol–water partition coefficient (Wildman–Crippen LogP) is 5.85. The molecule has 34 heavy (non-hydrogen) atoms. The molecule has 0 aliphatic carbocycles. The van der Waals surface area contributed by atoms with Gasteiger partial charge < -0.3 is 20.4 Å². The van der Waals surface area contributed by atoms with Crippen LogP contribution in [0.3, 0.4) is 0 Å². The Morgan fingerprint density at radius 2 is 1.82 bits per heavy atom. The van der Waals surface area contributed by atoms with Crippen molar-refractivity contribution in [2.24, 2.45) is 4.99 Å². The minimum atomic E-state index is -0.411. The summed E-state index contributed by atoms with van der Waals surface area (Å²) in [6.45, 7) is 2.69. The Hall–Kier alpha value is -2.68. The SMILES string of the molecule is CC1=C(C(=O)N(C)C)[C@@H](c2cccc(NC(=O)Nc3ccc(Cl)c(Cl)c3)c2)N2CCCSC2=N1. The number of halogens is 2. The number of hydrogen-bond donors (Lipinski definition) is 2. The van der Waals surface area contributed by atoms with Crippen LogP contribution in [0.1, 0.15) is 24.9 Å². The van der Waals surface area contributed by atoms with Crippen LogP contribution in [-0.4, -0.2) is 53.3 Å². The minimum absolute atomic E-state index is 0.0726. The van der Waals surface area contributed by atoms with Crippen molar-refractivity contribution in [3.63, 3.8) is 0 Å². The van der Waals surface area contributed by atoms with E-state index in [-0.39, 0.29) is 11.9 Å². The third kappa shape index (κ3) is 5.19. The van der Waals surface area contributed by atoms with E-state index in [0.29, 0.717) is 27.0 Å². The Kier molecular flexibility index (Phi) is 7.40. The number of anilines is 2. The zero-order valence-corrected chi connectivity index (χ0v) is 21.4. The van der Waals surface area contributed by atoms with Crippen molar-refractivity contribution in [1.82, 2.24) is 9.80 Å². The number of aliphatic imine (C=N–C) groups is 1. The molecule has 0 spiro atoms. The average molecular weight is 518 g/mol. The molecule has 0 unspecified atom stereocenters. The molecule has 1 atom stereocenters. The number of amides is 3. The number of fused-ring (bicyclic) bond motifs is 1. The summed E-state index contributed by atoms with van der Waals surface area (Å²) in [4.78, 5) is 34.3. The molecule has 2 N–H and O–H groups in total. The Morgan fingerprint density at radius 3 is 2.53 bits per heavy atom. The van der Waals surface area contributed by atoms with Gasteiger partial charge in [0, 0.05) is 37.8 Å². The van der Waals surface area contributed by atoms with Crippen LogP contribution in [0, 0.1) is 0 Å². The molecule has 10 heteroatoms. The van der Waals surface area contributed by atoms with Gasteiger partial charge in [-0.2, -0.15) is 0 Å². The lowest BCUT2D eigenvalue weighted by Crippen LogP contribution is -2.43. The number of nitrogens with one attached hydrogen (secondary N) is 2. The third-order valence-electron chi connectivity index (χ3n) is 5.53. The second kappa shape index (κ2) is 10.3.